The SMILES string of the molecule is Nc1nc(-c2cc(C3CCON3)ccc2O)cn(C2CCCNC2)c1=O. The topological polar surface area (TPSA) is 114 Å². The lowest BCUT2D eigenvalue weighted by atomic mass is 10.0. The van der Waals surface area contributed by atoms with Crippen molar-refractivity contribution in [2.75, 3.05) is 25.4 Å². The van der Waals surface area contributed by atoms with Crippen LogP contribution in [0.15, 0.2) is 29.2 Å². The average Bonchev–Trinajstić information content (AvgIpc) is 3.20. The minimum absolute atomic E-state index is 0.0375. The first-order valence-electron chi connectivity index (χ1n) is 8.93. The zero-order chi connectivity index (χ0) is 18.1. The van der Waals surface area contributed by atoms with Crippen molar-refractivity contribution in [3.8, 4) is 17.0 Å². The van der Waals surface area contributed by atoms with Crippen molar-refractivity contribution in [1.82, 2.24) is 20.3 Å². The Morgan fingerprint density at radius 2 is 2.23 bits per heavy atom. The van der Waals surface area contributed by atoms with E-state index >= 15 is 0 Å². The summed E-state index contributed by atoms with van der Waals surface area (Å²) >= 11 is 0. The molecule has 0 amide bonds. The molecule has 2 fully saturated rings. The predicted octanol–water partition coefficient (Wildman–Crippen LogP) is 1.09. The lowest BCUT2D eigenvalue weighted by Gasteiger charge is -2.25. The minimum Gasteiger partial charge on any atom is -0.507 e. The fourth-order valence-corrected chi connectivity index (χ4v) is 3.61. The molecular weight excluding hydrogens is 334 g/mol. The molecule has 5 N–H and O–H groups in total. The number of rotatable bonds is 3. The standard InChI is InChI=1S/C18H23N5O3/c19-17-18(25)23(12-2-1-6-20-9-12)10-15(21-17)13-8-11(3-4-16(13)24)14-5-7-26-22-14/h3-4,8,10,12,14,20,22,24H,1-2,5-7,9H2,(H2,19,21). The van der Waals surface area contributed by atoms with Gasteiger partial charge in [0.25, 0.3) is 5.56 Å². The number of nitrogens with zero attached hydrogens (tertiary/aromatic N) is 2. The highest BCUT2D eigenvalue weighted by atomic mass is 16.7. The molecule has 2 aliphatic heterocycles. The molecule has 0 spiro atoms. The zero-order valence-electron chi connectivity index (χ0n) is 14.4. The summed E-state index contributed by atoms with van der Waals surface area (Å²) in [6, 6.07) is 5.48. The molecule has 0 aliphatic carbocycles. The summed E-state index contributed by atoms with van der Waals surface area (Å²) < 4.78 is 1.65. The van der Waals surface area contributed by atoms with Gasteiger partial charge in [0.15, 0.2) is 5.82 Å². The second-order valence-corrected chi connectivity index (χ2v) is 6.81. The molecule has 4 rings (SSSR count). The summed E-state index contributed by atoms with van der Waals surface area (Å²) in [7, 11) is 0. The zero-order valence-corrected chi connectivity index (χ0v) is 14.4. The Morgan fingerprint density at radius 3 is 2.96 bits per heavy atom. The number of phenols is 1. The van der Waals surface area contributed by atoms with Crippen LogP contribution in [0.5, 0.6) is 5.75 Å². The number of hydroxylamine groups is 1. The van der Waals surface area contributed by atoms with Gasteiger partial charge in [-0.3, -0.25) is 4.79 Å². The summed E-state index contributed by atoms with van der Waals surface area (Å²) in [4.78, 5) is 21.9. The highest BCUT2D eigenvalue weighted by molar-refractivity contribution is 5.68. The summed E-state index contributed by atoms with van der Waals surface area (Å²) in [6.07, 6.45) is 4.47. The van der Waals surface area contributed by atoms with Gasteiger partial charge in [-0.25, -0.2) is 4.98 Å². The molecule has 0 saturated carbocycles. The van der Waals surface area contributed by atoms with Gasteiger partial charge in [0, 0.05) is 24.3 Å². The maximum absolute atomic E-state index is 12.5. The van der Waals surface area contributed by atoms with Crippen molar-refractivity contribution in [2.45, 2.75) is 31.3 Å². The van der Waals surface area contributed by atoms with Gasteiger partial charge < -0.3 is 25.6 Å². The number of nitrogens with two attached hydrogens (primary N) is 1. The fraction of sp³-hybridized carbons (Fsp3) is 0.444. The Bertz CT molecular complexity index is 854. The molecule has 2 unspecified atom stereocenters. The summed E-state index contributed by atoms with van der Waals surface area (Å²) in [6.45, 7) is 2.32. The summed E-state index contributed by atoms with van der Waals surface area (Å²) in [5.74, 6) is 0.0479. The van der Waals surface area contributed by atoms with Gasteiger partial charge >= 0.3 is 0 Å². The van der Waals surface area contributed by atoms with Gasteiger partial charge in [-0.2, -0.15) is 5.48 Å². The monoisotopic (exact) mass is 357 g/mol. The van der Waals surface area contributed by atoms with Crippen LogP contribution in [-0.2, 0) is 4.84 Å². The van der Waals surface area contributed by atoms with Gasteiger partial charge in [0.1, 0.15) is 5.75 Å². The molecule has 26 heavy (non-hydrogen) atoms. The van der Waals surface area contributed by atoms with E-state index in [9.17, 15) is 9.90 Å². The van der Waals surface area contributed by atoms with Gasteiger partial charge in [-0.15, -0.1) is 0 Å². The van der Waals surface area contributed by atoms with Crippen molar-refractivity contribution in [2.24, 2.45) is 0 Å². The van der Waals surface area contributed by atoms with Crippen LogP contribution in [0.1, 0.15) is 36.9 Å². The maximum atomic E-state index is 12.5. The Kier molecular flexibility index (Phi) is 4.62. The quantitative estimate of drug-likeness (QED) is 0.650. The fourth-order valence-electron chi connectivity index (χ4n) is 3.61. The molecule has 1 aromatic carbocycles. The Balaban J connectivity index is 1.76. The van der Waals surface area contributed by atoms with Crippen molar-refractivity contribution in [1.29, 1.82) is 0 Å². The van der Waals surface area contributed by atoms with E-state index in [1.165, 1.54) is 0 Å². The smallest absolute Gasteiger partial charge is 0.293 e. The normalized spacial score (nSPS) is 23.2. The van der Waals surface area contributed by atoms with E-state index in [0.717, 1.165) is 37.9 Å². The molecule has 8 heteroatoms. The highest BCUT2D eigenvalue weighted by Crippen LogP contribution is 2.33. The largest absolute Gasteiger partial charge is 0.507 e. The number of aromatic hydroxyl groups is 1. The molecule has 1 aromatic heterocycles. The van der Waals surface area contributed by atoms with E-state index in [-0.39, 0.29) is 29.2 Å². The summed E-state index contributed by atoms with van der Waals surface area (Å²) in [5.41, 5.74) is 10.6. The second kappa shape index (κ2) is 7.06. The number of hydrogen-bond donors (Lipinski definition) is 4. The molecule has 138 valence electrons. The van der Waals surface area contributed by atoms with E-state index in [1.807, 2.05) is 12.1 Å². The molecule has 8 nitrogen and oxygen atoms in total. The van der Waals surface area contributed by atoms with Crippen LogP contribution < -0.4 is 22.1 Å². The number of hydrogen-bond acceptors (Lipinski definition) is 7. The molecule has 2 aliphatic rings. The van der Waals surface area contributed by atoms with Crippen LogP contribution in [0.4, 0.5) is 5.82 Å². The van der Waals surface area contributed by atoms with Gasteiger partial charge in [0.05, 0.1) is 18.3 Å². The van der Waals surface area contributed by atoms with Crippen molar-refractivity contribution >= 4 is 5.82 Å². The van der Waals surface area contributed by atoms with Crippen LogP contribution in [-0.4, -0.2) is 34.4 Å². The number of anilines is 1. The molecule has 2 atom stereocenters. The van der Waals surface area contributed by atoms with Crippen LogP contribution >= 0.6 is 0 Å². The molecule has 0 radical (unpaired) electrons. The lowest BCUT2D eigenvalue weighted by Crippen LogP contribution is -2.37. The molecular formula is C18H23N5O3. The number of phenolic OH excluding ortho intramolecular Hbond substituents is 1. The van der Waals surface area contributed by atoms with E-state index < -0.39 is 0 Å². The van der Waals surface area contributed by atoms with Gasteiger partial charge in [0.2, 0.25) is 0 Å². The van der Waals surface area contributed by atoms with Crippen LogP contribution in [0.2, 0.25) is 0 Å². The van der Waals surface area contributed by atoms with Crippen molar-refractivity contribution in [3.63, 3.8) is 0 Å². The number of nitrogen functional groups attached to an aromatic ring is 1. The first-order chi connectivity index (χ1) is 12.6. The van der Waals surface area contributed by atoms with Crippen molar-refractivity contribution < 1.29 is 9.94 Å². The minimum atomic E-state index is -0.288. The molecule has 3 heterocycles. The Labute approximate surface area is 151 Å². The van der Waals surface area contributed by atoms with E-state index in [4.69, 9.17) is 10.6 Å². The van der Waals surface area contributed by atoms with Gasteiger partial charge in [-0.05, 0) is 43.5 Å². The first kappa shape index (κ1) is 17.0. The van der Waals surface area contributed by atoms with Crippen LogP contribution in [0.3, 0.4) is 0 Å². The predicted molar refractivity (Wildman–Crippen MR) is 97.6 cm³/mol. The van der Waals surface area contributed by atoms with Gasteiger partial charge in [-0.1, -0.05) is 6.07 Å². The third-order valence-corrected chi connectivity index (χ3v) is 5.05. The van der Waals surface area contributed by atoms with Crippen molar-refractivity contribution in [3.05, 3.63) is 40.3 Å². The van der Waals surface area contributed by atoms with Crippen LogP contribution in [0.25, 0.3) is 11.3 Å². The first-order valence-corrected chi connectivity index (χ1v) is 8.93. The molecule has 0 bridgehead atoms. The van der Waals surface area contributed by atoms with E-state index in [2.05, 4.69) is 15.8 Å². The molecule has 2 aromatic rings. The number of benzene rings is 1. The Morgan fingerprint density at radius 1 is 1.35 bits per heavy atom. The maximum Gasteiger partial charge on any atom is 0.293 e. The van der Waals surface area contributed by atoms with E-state index in [0.29, 0.717) is 17.9 Å². The average molecular weight is 357 g/mol. The third-order valence-electron chi connectivity index (χ3n) is 5.05. The third kappa shape index (κ3) is 3.18. The van der Waals surface area contributed by atoms with E-state index in [1.54, 1.807) is 16.8 Å². The van der Waals surface area contributed by atoms with Crippen LogP contribution in [0, 0.1) is 0 Å². The Hall–Kier alpha value is -2.42. The summed E-state index contributed by atoms with van der Waals surface area (Å²) in [5, 5.41) is 13.7. The second-order valence-electron chi connectivity index (χ2n) is 6.81. The lowest BCUT2D eigenvalue weighted by molar-refractivity contribution is 0.0883. The number of aromatic nitrogens is 2. The number of nitrogens with one attached hydrogen (secondary N) is 2. The molecule has 2 saturated heterocycles. The highest BCUT2D eigenvalue weighted by Gasteiger charge is 2.22. The number of piperidine rings is 1.